The number of aliphatic hydroxyl groups excluding tert-OH is 1. The molecule has 3 atom stereocenters. The maximum absolute atomic E-state index is 9.89. The predicted octanol–water partition coefficient (Wildman–Crippen LogP) is 3.00. The highest BCUT2D eigenvalue weighted by Gasteiger charge is 2.21. The molecule has 2 rings (SSSR count). The number of ether oxygens (including phenoxy) is 1. The van der Waals surface area contributed by atoms with Gasteiger partial charge in [-0.25, -0.2) is 0 Å². The second kappa shape index (κ2) is 7.99. The minimum atomic E-state index is -0.446. The minimum absolute atomic E-state index is 0.359. The molecule has 0 saturated heterocycles. The molecule has 1 saturated carbocycles. The summed E-state index contributed by atoms with van der Waals surface area (Å²) in [6, 6.07) is 8.13. The molecule has 1 aromatic rings. The van der Waals surface area contributed by atoms with Crippen LogP contribution in [0.15, 0.2) is 24.3 Å². The van der Waals surface area contributed by atoms with Crippen molar-refractivity contribution < 1.29 is 9.84 Å². The highest BCUT2D eigenvalue weighted by Crippen LogP contribution is 2.24. The van der Waals surface area contributed by atoms with Gasteiger partial charge in [0.05, 0.1) is 19.3 Å². The van der Waals surface area contributed by atoms with Crippen molar-refractivity contribution >= 4 is 11.6 Å². The first-order valence-corrected chi connectivity index (χ1v) is 7.75. The molecule has 3 nitrogen and oxygen atoms in total. The number of aliphatic hydroxyl groups is 1. The first kappa shape index (κ1) is 15.8. The van der Waals surface area contributed by atoms with Crippen molar-refractivity contribution in [1.29, 1.82) is 0 Å². The van der Waals surface area contributed by atoms with Crippen molar-refractivity contribution in [3.8, 4) is 0 Å². The summed E-state index contributed by atoms with van der Waals surface area (Å²) in [5, 5.41) is 14.0. The van der Waals surface area contributed by atoms with Crippen molar-refractivity contribution in [1.82, 2.24) is 5.32 Å². The van der Waals surface area contributed by atoms with Gasteiger partial charge in [0.15, 0.2) is 0 Å². The zero-order valence-corrected chi connectivity index (χ0v) is 12.8. The molecule has 4 heteroatoms. The molecule has 3 unspecified atom stereocenters. The van der Waals surface area contributed by atoms with Gasteiger partial charge in [0, 0.05) is 17.6 Å². The molecular formula is C16H24ClNO2. The third-order valence-electron chi connectivity index (χ3n) is 3.83. The molecule has 2 N–H and O–H groups in total. The van der Waals surface area contributed by atoms with Crippen LogP contribution >= 0.6 is 11.6 Å². The van der Waals surface area contributed by atoms with E-state index >= 15 is 0 Å². The molecule has 0 amide bonds. The van der Waals surface area contributed by atoms with E-state index in [2.05, 4.69) is 12.2 Å². The molecule has 0 aromatic heterocycles. The Morgan fingerprint density at radius 1 is 1.35 bits per heavy atom. The van der Waals surface area contributed by atoms with E-state index in [4.69, 9.17) is 16.3 Å². The quantitative estimate of drug-likeness (QED) is 0.813. The topological polar surface area (TPSA) is 41.5 Å². The van der Waals surface area contributed by atoms with E-state index in [0.29, 0.717) is 25.8 Å². The molecule has 0 spiro atoms. The molecule has 1 fully saturated rings. The number of hydrogen-bond acceptors (Lipinski definition) is 3. The monoisotopic (exact) mass is 297 g/mol. The van der Waals surface area contributed by atoms with E-state index in [1.54, 1.807) is 0 Å². The van der Waals surface area contributed by atoms with Gasteiger partial charge < -0.3 is 15.2 Å². The first-order valence-electron chi connectivity index (χ1n) is 7.37. The fourth-order valence-electron chi connectivity index (χ4n) is 2.65. The van der Waals surface area contributed by atoms with Crippen LogP contribution in [0.5, 0.6) is 0 Å². The third kappa shape index (κ3) is 5.41. The van der Waals surface area contributed by atoms with E-state index in [9.17, 15) is 5.11 Å². The van der Waals surface area contributed by atoms with Gasteiger partial charge >= 0.3 is 0 Å². The van der Waals surface area contributed by atoms with Gasteiger partial charge in [-0.15, -0.1) is 0 Å². The standard InChI is InChI=1S/C16H24ClNO2/c1-12-2-7-15(8-12)18-9-16(19)11-20-10-13-3-5-14(17)6-4-13/h3-6,12,15-16,18-19H,2,7-11H2,1H3. The third-order valence-corrected chi connectivity index (χ3v) is 4.08. The number of rotatable bonds is 7. The lowest BCUT2D eigenvalue weighted by atomic mass is 10.1. The SMILES string of the molecule is CC1CCC(NCC(O)COCc2ccc(Cl)cc2)C1. The average molecular weight is 298 g/mol. The Kier molecular flexibility index (Phi) is 6.30. The van der Waals surface area contributed by atoms with E-state index in [-0.39, 0.29) is 0 Å². The normalized spacial score (nSPS) is 23.9. The van der Waals surface area contributed by atoms with Crippen LogP contribution in [0, 0.1) is 5.92 Å². The Morgan fingerprint density at radius 3 is 2.75 bits per heavy atom. The van der Waals surface area contributed by atoms with Gasteiger partial charge in [-0.1, -0.05) is 30.7 Å². The minimum Gasteiger partial charge on any atom is -0.389 e. The maximum Gasteiger partial charge on any atom is 0.0897 e. The second-order valence-electron chi connectivity index (χ2n) is 5.82. The van der Waals surface area contributed by atoms with Crippen LogP contribution < -0.4 is 5.32 Å². The van der Waals surface area contributed by atoms with Gasteiger partial charge in [0.1, 0.15) is 0 Å². The Morgan fingerprint density at radius 2 is 2.10 bits per heavy atom. The van der Waals surface area contributed by atoms with Crippen LogP contribution in [-0.2, 0) is 11.3 Å². The van der Waals surface area contributed by atoms with E-state index in [1.807, 2.05) is 24.3 Å². The Balaban J connectivity index is 1.58. The van der Waals surface area contributed by atoms with Crippen LogP contribution in [0.1, 0.15) is 31.7 Å². The summed E-state index contributed by atoms with van der Waals surface area (Å²) in [6.07, 6.45) is 3.29. The van der Waals surface area contributed by atoms with Crippen LogP contribution in [0.25, 0.3) is 0 Å². The average Bonchev–Trinajstić information content (AvgIpc) is 2.85. The first-order chi connectivity index (χ1) is 9.63. The van der Waals surface area contributed by atoms with Crippen molar-refractivity contribution in [2.45, 2.75) is 44.9 Å². The van der Waals surface area contributed by atoms with E-state index in [1.165, 1.54) is 19.3 Å². The van der Waals surface area contributed by atoms with Crippen molar-refractivity contribution in [2.24, 2.45) is 5.92 Å². The van der Waals surface area contributed by atoms with Crippen LogP contribution in [0.2, 0.25) is 5.02 Å². The van der Waals surface area contributed by atoms with Gasteiger partial charge in [-0.05, 0) is 42.9 Å². The fraction of sp³-hybridized carbons (Fsp3) is 0.625. The molecule has 1 aliphatic carbocycles. The molecule has 112 valence electrons. The van der Waals surface area contributed by atoms with Crippen molar-refractivity contribution in [3.63, 3.8) is 0 Å². The van der Waals surface area contributed by atoms with E-state index in [0.717, 1.165) is 16.5 Å². The van der Waals surface area contributed by atoms with E-state index < -0.39 is 6.10 Å². The van der Waals surface area contributed by atoms with Crippen LogP contribution in [0.3, 0.4) is 0 Å². The van der Waals surface area contributed by atoms with Gasteiger partial charge in [-0.3, -0.25) is 0 Å². The predicted molar refractivity (Wildman–Crippen MR) is 81.9 cm³/mol. The number of benzene rings is 1. The molecule has 1 aliphatic rings. The summed E-state index contributed by atoms with van der Waals surface area (Å²) in [5.74, 6) is 0.811. The Labute approximate surface area is 126 Å². The summed E-state index contributed by atoms with van der Waals surface area (Å²) in [4.78, 5) is 0. The fourth-order valence-corrected chi connectivity index (χ4v) is 2.77. The molecular weight excluding hydrogens is 274 g/mol. The molecule has 1 aromatic carbocycles. The summed E-state index contributed by atoms with van der Waals surface area (Å²) in [6.45, 7) is 3.76. The summed E-state index contributed by atoms with van der Waals surface area (Å²) in [7, 11) is 0. The zero-order valence-electron chi connectivity index (χ0n) is 12.0. The van der Waals surface area contributed by atoms with Crippen LogP contribution in [0.4, 0.5) is 0 Å². The molecule has 20 heavy (non-hydrogen) atoms. The highest BCUT2D eigenvalue weighted by molar-refractivity contribution is 6.30. The lowest BCUT2D eigenvalue weighted by Crippen LogP contribution is -2.36. The zero-order chi connectivity index (χ0) is 14.4. The molecule has 0 heterocycles. The van der Waals surface area contributed by atoms with Gasteiger partial charge in [0.25, 0.3) is 0 Å². The Hall–Kier alpha value is -0.610. The van der Waals surface area contributed by atoms with Crippen molar-refractivity contribution in [3.05, 3.63) is 34.9 Å². The maximum atomic E-state index is 9.89. The van der Waals surface area contributed by atoms with Gasteiger partial charge in [-0.2, -0.15) is 0 Å². The lowest BCUT2D eigenvalue weighted by Gasteiger charge is -2.16. The lowest BCUT2D eigenvalue weighted by molar-refractivity contribution is 0.0276. The summed E-state index contributed by atoms with van der Waals surface area (Å²) < 4.78 is 5.52. The van der Waals surface area contributed by atoms with Gasteiger partial charge in [0.2, 0.25) is 0 Å². The number of nitrogens with one attached hydrogen (secondary N) is 1. The largest absolute Gasteiger partial charge is 0.389 e. The van der Waals surface area contributed by atoms with Crippen molar-refractivity contribution in [2.75, 3.05) is 13.2 Å². The summed E-state index contributed by atoms with van der Waals surface area (Å²) in [5.41, 5.74) is 1.07. The Bertz CT molecular complexity index is 396. The van der Waals surface area contributed by atoms with Crippen LogP contribution in [-0.4, -0.2) is 30.4 Å². The smallest absolute Gasteiger partial charge is 0.0897 e. The molecule has 0 aliphatic heterocycles. The summed E-state index contributed by atoms with van der Waals surface area (Å²) >= 11 is 5.82. The molecule has 0 bridgehead atoms. The highest BCUT2D eigenvalue weighted by atomic mass is 35.5. The number of hydrogen-bond donors (Lipinski definition) is 2. The number of halogens is 1. The second-order valence-corrected chi connectivity index (χ2v) is 6.26. The molecule has 0 radical (unpaired) electrons.